The summed E-state index contributed by atoms with van der Waals surface area (Å²) in [4.78, 5) is 27.2. The zero-order valence-corrected chi connectivity index (χ0v) is 11.0. The Kier molecular flexibility index (Phi) is 3.18. The van der Waals surface area contributed by atoms with E-state index in [1.54, 1.807) is 22.7 Å². The SMILES string of the molecule is O=C1CC2CSCCN2C(=O)N1c1ccccc1F. The third kappa shape index (κ3) is 2.10. The molecule has 2 aliphatic heterocycles. The molecule has 3 amide bonds. The summed E-state index contributed by atoms with van der Waals surface area (Å²) in [5.41, 5.74) is 0.0502. The third-order valence-corrected chi connectivity index (χ3v) is 4.51. The fourth-order valence-corrected chi connectivity index (χ4v) is 3.54. The summed E-state index contributed by atoms with van der Waals surface area (Å²) >= 11 is 1.75. The average molecular weight is 280 g/mol. The Hall–Kier alpha value is -1.56. The molecule has 1 unspecified atom stereocenters. The molecule has 2 heterocycles. The van der Waals surface area contributed by atoms with Gasteiger partial charge in [0.05, 0.1) is 11.7 Å². The van der Waals surface area contributed by atoms with Gasteiger partial charge in [0.1, 0.15) is 5.82 Å². The zero-order chi connectivity index (χ0) is 13.4. The molecule has 0 saturated carbocycles. The van der Waals surface area contributed by atoms with E-state index >= 15 is 0 Å². The molecule has 3 rings (SSSR count). The van der Waals surface area contributed by atoms with Crippen LogP contribution < -0.4 is 4.90 Å². The normalized spacial score (nSPS) is 23.5. The number of nitrogens with zero attached hydrogens (tertiary/aromatic N) is 2. The molecule has 0 aliphatic carbocycles. The molecule has 1 atom stereocenters. The van der Waals surface area contributed by atoms with Crippen molar-refractivity contribution in [1.82, 2.24) is 4.90 Å². The van der Waals surface area contributed by atoms with Crippen LogP contribution in [0.1, 0.15) is 6.42 Å². The van der Waals surface area contributed by atoms with Crippen LogP contribution in [0, 0.1) is 5.82 Å². The van der Waals surface area contributed by atoms with Crippen LogP contribution >= 0.6 is 11.8 Å². The summed E-state index contributed by atoms with van der Waals surface area (Å²) in [7, 11) is 0. The van der Waals surface area contributed by atoms with Gasteiger partial charge in [0.25, 0.3) is 0 Å². The van der Waals surface area contributed by atoms with Crippen molar-refractivity contribution in [2.45, 2.75) is 12.5 Å². The highest BCUT2D eigenvalue weighted by Gasteiger charge is 2.41. The Morgan fingerprint density at radius 1 is 1.26 bits per heavy atom. The number of halogens is 1. The highest BCUT2D eigenvalue weighted by atomic mass is 32.2. The first-order chi connectivity index (χ1) is 9.18. The van der Waals surface area contributed by atoms with Crippen LogP contribution in [0.2, 0.25) is 0 Å². The van der Waals surface area contributed by atoms with Gasteiger partial charge in [0.2, 0.25) is 5.91 Å². The van der Waals surface area contributed by atoms with Gasteiger partial charge in [0.15, 0.2) is 0 Å². The first-order valence-electron chi connectivity index (χ1n) is 6.14. The highest BCUT2D eigenvalue weighted by molar-refractivity contribution is 7.99. The van der Waals surface area contributed by atoms with Gasteiger partial charge in [-0.15, -0.1) is 0 Å². The molecule has 0 N–H and O–H groups in total. The van der Waals surface area contributed by atoms with Crippen LogP contribution in [0.4, 0.5) is 14.9 Å². The van der Waals surface area contributed by atoms with Gasteiger partial charge in [-0.05, 0) is 12.1 Å². The van der Waals surface area contributed by atoms with Crippen molar-refractivity contribution in [2.24, 2.45) is 0 Å². The van der Waals surface area contributed by atoms with E-state index in [0.29, 0.717) is 6.54 Å². The second-order valence-corrected chi connectivity index (χ2v) is 5.74. The Morgan fingerprint density at radius 2 is 2.05 bits per heavy atom. The number of thioether (sulfide) groups is 1. The molecule has 1 aromatic rings. The Balaban J connectivity index is 1.95. The van der Waals surface area contributed by atoms with Gasteiger partial charge in [-0.3, -0.25) is 4.79 Å². The van der Waals surface area contributed by atoms with E-state index in [9.17, 15) is 14.0 Å². The first kappa shape index (κ1) is 12.5. The number of hydrogen-bond acceptors (Lipinski definition) is 3. The minimum absolute atomic E-state index is 0.0400. The molecule has 0 radical (unpaired) electrons. The molecule has 2 fully saturated rings. The van der Waals surface area contributed by atoms with Gasteiger partial charge < -0.3 is 4.90 Å². The minimum atomic E-state index is -0.547. The summed E-state index contributed by atoms with van der Waals surface area (Å²) in [5, 5.41) is 0. The summed E-state index contributed by atoms with van der Waals surface area (Å²) < 4.78 is 13.8. The summed E-state index contributed by atoms with van der Waals surface area (Å²) in [5.74, 6) is 0.775. The number of anilines is 1. The molecular formula is C13H13FN2O2S. The maximum atomic E-state index is 13.8. The van der Waals surface area contributed by atoms with Gasteiger partial charge in [0, 0.05) is 24.5 Å². The lowest BCUT2D eigenvalue weighted by atomic mass is 10.1. The van der Waals surface area contributed by atoms with Gasteiger partial charge in [-0.1, -0.05) is 12.1 Å². The molecule has 0 spiro atoms. The summed E-state index contributed by atoms with van der Waals surface area (Å²) in [6.45, 7) is 0.617. The Labute approximate surface area is 114 Å². The number of rotatable bonds is 1. The smallest absolute Gasteiger partial charge is 0.319 e. The van der Waals surface area contributed by atoms with Gasteiger partial charge in [-0.25, -0.2) is 14.1 Å². The maximum Gasteiger partial charge on any atom is 0.331 e. The van der Waals surface area contributed by atoms with Crippen molar-refractivity contribution in [3.8, 4) is 0 Å². The molecule has 0 bridgehead atoms. The van der Waals surface area contributed by atoms with E-state index in [1.165, 1.54) is 18.2 Å². The summed E-state index contributed by atoms with van der Waals surface area (Å²) in [6.07, 6.45) is 0.271. The van der Waals surface area contributed by atoms with Crippen molar-refractivity contribution in [1.29, 1.82) is 0 Å². The first-order valence-corrected chi connectivity index (χ1v) is 7.30. The molecule has 2 saturated heterocycles. The number of para-hydroxylation sites is 1. The van der Waals surface area contributed by atoms with E-state index in [4.69, 9.17) is 0 Å². The van der Waals surface area contributed by atoms with E-state index in [2.05, 4.69) is 0 Å². The second-order valence-electron chi connectivity index (χ2n) is 4.59. The van der Waals surface area contributed by atoms with Crippen LogP contribution in [0.5, 0.6) is 0 Å². The number of amides is 3. The van der Waals surface area contributed by atoms with Crippen molar-refractivity contribution in [3.63, 3.8) is 0 Å². The van der Waals surface area contributed by atoms with Crippen LogP contribution in [0.15, 0.2) is 24.3 Å². The highest BCUT2D eigenvalue weighted by Crippen LogP contribution is 2.30. The lowest BCUT2D eigenvalue weighted by molar-refractivity contribution is -0.120. The molecule has 4 nitrogen and oxygen atoms in total. The number of carbonyl (C=O) groups is 2. The van der Waals surface area contributed by atoms with Gasteiger partial charge in [-0.2, -0.15) is 11.8 Å². The molecular weight excluding hydrogens is 267 g/mol. The van der Waals surface area contributed by atoms with Crippen molar-refractivity contribution in [3.05, 3.63) is 30.1 Å². The monoisotopic (exact) mass is 280 g/mol. The third-order valence-electron chi connectivity index (χ3n) is 3.42. The number of hydrogen-bond donors (Lipinski definition) is 0. The van der Waals surface area contributed by atoms with Crippen molar-refractivity contribution < 1.29 is 14.0 Å². The van der Waals surface area contributed by atoms with Crippen LogP contribution in [0.3, 0.4) is 0 Å². The van der Waals surface area contributed by atoms with Crippen molar-refractivity contribution >= 4 is 29.4 Å². The second kappa shape index (κ2) is 4.85. The van der Waals surface area contributed by atoms with Crippen molar-refractivity contribution in [2.75, 3.05) is 23.0 Å². The fourth-order valence-electron chi connectivity index (χ4n) is 2.47. The molecule has 1 aromatic carbocycles. The topological polar surface area (TPSA) is 40.6 Å². The average Bonchev–Trinajstić information content (AvgIpc) is 2.41. The fraction of sp³-hybridized carbons (Fsp3) is 0.385. The quantitative estimate of drug-likeness (QED) is 0.791. The number of benzene rings is 1. The number of imide groups is 1. The van der Waals surface area contributed by atoms with Crippen LogP contribution in [-0.4, -0.2) is 40.9 Å². The van der Waals surface area contributed by atoms with E-state index in [0.717, 1.165) is 16.4 Å². The summed E-state index contributed by atoms with van der Waals surface area (Å²) in [6, 6.07) is 5.45. The minimum Gasteiger partial charge on any atom is -0.319 e. The molecule has 19 heavy (non-hydrogen) atoms. The van der Waals surface area contributed by atoms with Crippen LogP contribution in [0.25, 0.3) is 0 Å². The van der Waals surface area contributed by atoms with E-state index in [-0.39, 0.29) is 24.1 Å². The molecule has 0 aromatic heterocycles. The maximum absolute atomic E-state index is 13.8. The lowest BCUT2D eigenvalue weighted by Crippen LogP contribution is -2.60. The zero-order valence-electron chi connectivity index (χ0n) is 10.2. The Bertz CT molecular complexity index is 537. The number of urea groups is 1. The van der Waals surface area contributed by atoms with E-state index in [1.807, 2.05) is 0 Å². The standard InChI is InChI=1S/C13H13FN2O2S/c14-10-3-1-2-4-11(10)16-12(17)7-9-8-19-6-5-15(9)13(16)18/h1-4,9H,5-8H2. The Morgan fingerprint density at radius 3 is 2.84 bits per heavy atom. The molecule has 100 valence electrons. The van der Waals surface area contributed by atoms with E-state index < -0.39 is 11.8 Å². The number of fused-ring (bicyclic) bond motifs is 1. The lowest BCUT2D eigenvalue weighted by Gasteiger charge is -2.42. The van der Waals surface area contributed by atoms with Crippen LogP contribution in [-0.2, 0) is 4.79 Å². The number of carbonyl (C=O) groups excluding carboxylic acids is 2. The predicted octanol–water partition coefficient (Wildman–Crippen LogP) is 2.10. The van der Waals surface area contributed by atoms with Gasteiger partial charge >= 0.3 is 6.03 Å². The predicted molar refractivity (Wildman–Crippen MR) is 71.7 cm³/mol. The largest absolute Gasteiger partial charge is 0.331 e. The molecule has 2 aliphatic rings. The molecule has 6 heteroatoms.